The number of H-pyrrole nitrogens is 1. The molecule has 0 amide bonds. The maximum Gasteiger partial charge on any atom is 0.248 e. The van der Waals surface area contributed by atoms with Crippen LogP contribution in [-0.2, 0) is 14.8 Å². The van der Waals surface area contributed by atoms with Crippen LogP contribution in [0.15, 0.2) is 11.1 Å². The number of nitrogens with one attached hydrogen (secondary N) is 1. The van der Waals surface area contributed by atoms with Crippen molar-refractivity contribution in [2.24, 2.45) is 0 Å². The molecule has 2 rings (SSSR count). The summed E-state index contributed by atoms with van der Waals surface area (Å²) < 4.78 is 31.6. The average molecular weight is 274 g/mol. The molecule has 0 spiro atoms. The number of aromatic amines is 1. The number of nitrogens with two attached hydrogens (primary N) is 1. The van der Waals surface area contributed by atoms with E-state index in [0.29, 0.717) is 19.7 Å². The summed E-state index contributed by atoms with van der Waals surface area (Å²) in [5.74, 6) is 0.0773. The van der Waals surface area contributed by atoms with Crippen LogP contribution < -0.4 is 5.73 Å². The predicted molar refractivity (Wildman–Crippen MR) is 66.4 cm³/mol. The molecule has 1 saturated heterocycles. The van der Waals surface area contributed by atoms with Gasteiger partial charge in [0, 0.05) is 19.7 Å². The molecule has 3 N–H and O–H groups in total. The van der Waals surface area contributed by atoms with Gasteiger partial charge in [0.2, 0.25) is 10.0 Å². The van der Waals surface area contributed by atoms with Gasteiger partial charge in [-0.25, -0.2) is 8.42 Å². The van der Waals surface area contributed by atoms with E-state index in [9.17, 15) is 8.42 Å². The number of hydrogen-bond acceptors (Lipinski definition) is 5. The van der Waals surface area contributed by atoms with Crippen LogP contribution >= 0.6 is 0 Å². The number of nitrogens with zero attached hydrogens (tertiary/aromatic N) is 2. The summed E-state index contributed by atoms with van der Waals surface area (Å²) in [5.41, 5.74) is 5.57. The normalized spacial score (nSPS) is 22.2. The van der Waals surface area contributed by atoms with E-state index in [2.05, 4.69) is 10.2 Å². The molecule has 0 aliphatic carbocycles. The van der Waals surface area contributed by atoms with Crippen molar-refractivity contribution >= 4 is 15.8 Å². The Bertz CT molecular complexity index is 497. The third-order valence-corrected chi connectivity index (χ3v) is 4.89. The fourth-order valence-electron chi connectivity index (χ4n) is 2.12. The van der Waals surface area contributed by atoms with Gasteiger partial charge in [0.05, 0.1) is 12.3 Å². The van der Waals surface area contributed by atoms with Gasteiger partial charge in [-0.05, 0) is 19.8 Å². The zero-order valence-corrected chi connectivity index (χ0v) is 11.1. The molecule has 0 bridgehead atoms. The van der Waals surface area contributed by atoms with Crippen molar-refractivity contribution in [2.75, 3.05) is 25.4 Å². The van der Waals surface area contributed by atoms with Crippen LogP contribution in [0.2, 0.25) is 0 Å². The first-order valence-electron chi connectivity index (χ1n) is 5.96. The van der Waals surface area contributed by atoms with Gasteiger partial charge >= 0.3 is 0 Å². The molecule has 1 atom stereocenters. The molecule has 1 aromatic heterocycles. The number of rotatable bonds is 4. The topological polar surface area (TPSA) is 101 Å². The fourth-order valence-corrected chi connectivity index (χ4v) is 3.64. The lowest BCUT2D eigenvalue weighted by Crippen LogP contribution is -2.43. The quantitative estimate of drug-likeness (QED) is 0.815. The van der Waals surface area contributed by atoms with Gasteiger partial charge in [-0.2, -0.15) is 9.40 Å². The Hall–Kier alpha value is -1.12. The third-order valence-electron chi connectivity index (χ3n) is 2.99. The zero-order valence-electron chi connectivity index (χ0n) is 10.3. The second-order valence-electron chi connectivity index (χ2n) is 4.23. The Morgan fingerprint density at radius 1 is 1.67 bits per heavy atom. The maximum absolute atomic E-state index is 12.3. The van der Waals surface area contributed by atoms with E-state index in [4.69, 9.17) is 10.5 Å². The van der Waals surface area contributed by atoms with Gasteiger partial charge in [-0.15, -0.1) is 0 Å². The highest BCUT2D eigenvalue weighted by molar-refractivity contribution is 7.89. The number of sulfonamides is 1. The highest BCUT2D eigenvalue weighted by Gasteiger charge is 2.32. The summed E-state index contributed by atoms with van der Waals surface area (Å²) in [7, 11) is -3.57. The van der Waals surface area contributed by atoms with Crippen molar-refractivity contribution in [1.82, 2.24) is 14.5 Å². The van der Waals surface area contributed by atoms with Crippen LogP contribution in [0.5, 0.6) is 0 Å². The lowest BCUT2D eigenvalue weighted by atomic mass is 10.1. The van der Waals surface area contributed by atoms with Crippen LogP contribution in [-0.4, -0.2) is 48.7 Å². The molecule has 1 aromatic rings. The smallest absolute Gasteiger partial charge is 0.248 e. The van der Waals surface area contributed by atoms with Gasteiger partial charge in [-0.1, -0.05) is 0 Å². The molecule has 0 aromatic carbocycles. The SMILES string of the molecule is CCOC1CCCN(S(=O)(=O)c2cn[nH]c2N)C1. The van der Waals surface area contributed by atoms with Crippen molar-refractivity contribution in [3.05, 3.63) is 6.20 Å². The summed E-state index contributed by atoms with van der Waals surface area (Å²) in [5, 5.41) is 6.09. The minimum Gasteiger partial charge on any atom is -0.383 e. The van der Waals surface area contributed by atoms with Gasteiger partial charge in [0.1, 0.15) is 10.7 Å². The third kappa shape index (κ3) is 2.50. The first-order chi connectivity index (χ1) is 8.55. The lowest BCUT2D eigenvalue weighted by molar-refractivity contribution is 0.0265. The summed E-state index contributed by atoms with van der Waals surface area (Å²) >= 11 is 0. The van der Waals surface area contributed by atoms with E-state index in [0.717, 1.165) is 12.8 Å². The Kier molecular flexibility index (Phi) is 3.88. The first-order valence-corrected chi connectivity index (χ1v) is 7.40. The molecule has 1 aliphatic heterocycles. The zero-order chi connectivity index (χ0) is 13.2. The number of ether oxygens (including phenoxy) is 1. The van der Waals surface area contributed by atoms with E-state index < -0.39 is 10.0 Å². The fraction of sp³-hybridized carbons (Fsp3) is 0.700. The van der Waals surface area contributed by atoms with Crippen LogP contribution in [0.4, 0.5) is 5.82 Å². The van der Waals surface area contributed by atoms with Crippen LogP contribution in [0.3, 0.4) is 0 Å². The molecule has 1 aliphatic rings. The highest BCUT2D eigenvalue weighted by Crippen LogP contribution is 2.24. The molecule has 102 valence electrons. The molecule has 2 heterocycles. The van der Waals surface area contributed by atoms with E-state index in [1.54, 1.807) is 0 Å². The molecular weight excluding hydrogens is 256 g/mol. The van der Waals surface area contributed by atoms with Crippen LogP contribution in [0.25, 0.3) is 0 Å². The minimum atomic E-state index is -3.57. The molecule has 7 nitrogen and oxygen atoms in total. The molecule has 0 radical (unpaired) electrons. The van der Waals surface area contributed by atoms with Crippen molar-refractivity contribution < 1.29 is 13.2 Å². The van der Waals surface area contributed by atoms with Crippen molar-refractivity contribution in [1.29, 1.82) is 0 Å². The van der Waals surface area contributed by atoms with Gasteiger partial charge in [0.25, 0.3) is 0 Å². The van der Waals surface area contributed by atoms with Gasteiger partial charge in [-0.3, -0.25) is 5.10 Å². The monoisotopic (exact) mass is 274 g/mol. The van der Waals surface area contributed by atoms with Crippen molar-refractivity contribution in [2.45, 2.75) is 30.8 Å². The average Bonchev–Trinajstić information content (AvgIpc) is 2.77. The summed E-state index contributed by atoms with van der Waals surface area (Å²) in [4.78, 5) is 0.0413. The minimum absolute atomic E-state index is 0.0355. The van der Waals surface area contributed by atoms with E-state index >= 15 is 0 Å². The molecule has 8 heteroatoms. The molecule has 18 heavy (non-hydrogen) atoms. The first kappa shape index (κ1) is 13.3. The lowest BCUT2D eigenvalue weighted by Gasteiger charge is -2.31. The standard InChI is InChI=1S/C10H18N4O3S/c1-2-17-8-4-3-5-14(7-8)18(15,16)9-6-12-13-10(9)11/h6,8H,2-5,7H2,1H3,(H3,11,12,13). The molecule has 1 unspecified atom stereocenters. The van der Waals surface area contributed by atoms with E-state index in [-0.39, 0.29) is 16.8 Å². The molecule has 1 fully saturated rings. The summed E-state index contributed by atoms with van der Waals surface area (Å²) in [6.07, 6.45) is 2.89. The van der Waals surface area contributed by atoms with E-state index in [1.807, 2.05) is 6.92 Å². The predicted octanol–water partition coefficient (Wildman–Crippen LogP) is 0.182. The van der Waals surface area contributed by atoms with Gasteiger partial charge in [0.15, 0.2) is 0 Å². The van der Waals surface area contributed by atoms with Crippen molar-refractivity contribution in [3.63, 3.8) is 0 Å². The highest BCUT2D eigenvalue weighted by atomic mass is 32.2. The number of piperidine rings is 1. The number of anilines is 1. The Morgan fingerprint density at radius 3 is 3.06 bits per heavy atom. The van der Waals surface area contributed by atoms with E-state index in [1.165, 1.54) is 10.5 Å². The van der Waals surface area contributed by atoms with Crippen LogP contribution in [0.1, 0.15) is 19.8 Å². The Labute approximate surface area is 106 Å². The summed E-state index contributed by atoms with van der Waals surface area (Å²) in [6.45, 7) is 3.37. The Balaban J connectivity index is 2.18. The number of nitrogen functional groups attached to an aromatic ring is 1. The second kappa shape index (κ2) is 5.25. The molecule has 0 saturated carbocycles. The van der Waals surface area contributed by atoms with Gasteiger partial charge < -0.3 is 10.5 Å². The second-order valence-corrected chi connectivity index (χ2v) is 6.14. The number of hydrogen-bond donors (Lipinski definition) is 2. The largest absolute Gasteiger partial charge is 0.383 e. The maximum atomic E-state index is 12.3. The van der Waals surface area contributed by atoms with Crippen LogP contribution in [0, 0.1) is 0 Å². The molecular formula is C10H18N4O3S. The number of aromatic nitrogens is 2. The Morgan fingerprint density at radius 2 is 2.44 bits per heavy atom. The summed E-state index contributed by atoms with van der Waals surface area (Å²) in [6, 6.07) is 0. The van der Waals surface area contributed by atoms with Crippen molar-refractivity contribution in [3.8, 4) is 0 Å².